The molecule has 2 atom stereocenters. The molecule has 2 saturated heterocycles. The van der Waals surface area contributed by atoms with E-state index in [0.29, 0.717) is 12.5 Å². The van der Waals surface area contributed by atoms with Gasteiger partial charge < -0.3 is 15.4 Å². The van der Waals surface area contributed by atoms with Crippen molar-refractivity contribution >= 4 is 5.91 Å². The molecule has 0 aromatic heterocycles. The Kier molecular flexibility index (Phi) is 3.03. The minimum atomic E-state index is 0.136. The second kappa shape index (κ2) is 4.28. The Morgan fingerprint density at radius 2 is 2.36 bits per heavy atom. The van der Waals surface area contributed by atoms with Crippen LogP contribution in [0.25, 0.3) is 0 Å². The van der Waals surface area contributed by atoms with E-state index >= 15 is 0 Å². The van der Waals surface area contributed by atoms with Gasteiger partial charge in [-0.25, -0.2) is 0 Å². The molecule has 2 fully saturated rings. The Hall–Kier alpha value is -0.610. The molecule has 1 amide bonds. The topological polar surface area (TPSA) is 50.4 Å². The van der Waals surface area contributed by atoms with Crippen LogP contribution >= 0.6 is 0 Å². The number of amides is 1. The summed E-state index contributed by atoms with van der Waals surface area (Å²) >= 11 is 0. The van der Waals surface area contributed by atoms with Crippen LogP contribution in [0.2, 0.25) is 0 Å². The number of carbonyl (C=O) groups is 1. The third kappa shape index (κ3) is 2.07. The van der Waals surface area contributed by atoms with Gasteiger partial charge >= 0.3 is 0 Å². The molecule has 2 aliphatic rings. The number of hydrogen-bond acceptors (Lipinski definition) is 3. The molecule has 80 valence electrons. The molecule has 14 heavy (non-hydrogen) atoms. The molecular formula is C10H18N2O2. The summed E-state index contributed by atoms with van der Waals surface area (Å²) in [6.07, 6.45) is 0.960. The molecule has 4 nitrogen and oxygen atoms in total. The Bertz CT molecular complexity index is 210. The SMILES string of the molecule is CC(C(=O)NC1CCOC1)C1CNC1. The zero-order valence-electron chi connectivity index (χ0n) is 8.58. The van der Waals surface area contributed by atoms with Gasteiger partial charge in [0.2, 0.25) is 5.91 Å². The summed E-state index contributed by atoms with van der Waals surface area (Å²) in [7, 11) is 0. The Morgan fingerprint density at radius 1 is 1.57 bits per heavy atom. The van der Waals surface area contributed by atoms with Gasteiger partial charge in [0.15, 0.2) is 0 Å². The molecular weight excluding hydrogens is 180 g/mol. The predicted octanol–water partition coefficient (Wildman–Crippen LogP) is -0.253. The molecule has 2 N–H and O–H groups in total. The Morgan fingerprint density at radius 3 is 2.86 bits per heavy atom. The molecule has 0 aromatic carbocycles. The molecule has 2 unspecified atom stereocenters. The fourth-order valence-electron chi connectivity index (χ4n) is 1.86. The molecule has 0 spiro atoms. The van der Waals surface area contributed by atoms with Gasteiger partial charge in [-0.1, -0.05) is 6.92 Å². The number of rotatable bonds is 3. The standard InChI is InChI=1S/C10H18N2O2/c1-7(8-4-11-5-8)10(13)12-9-2-3-14-6-9/h7-9,11H,2-6H2,1H3,(H,12,13). The van der Waals surface area contributed by atoms with Gasteiger partial charge in [0.1, 0.15) is 0 Å². The first-order chi connectivity index (χ1) is 6.77. The summed E-state index contributed by atoms with van der Waals surface area (Å²) in [5.74, 6) is 0.848. The summed E-state index contributed by atoms with van der Waals surface area (Å²) < 4.78 is 5.21. The first-order valence-electron chi connectivity index (χ1n) is 5.36. The second-order valence-corrected chi connectivity index (χ2v) is 4.28. The Labute approximate surface area is 84.4 Å². The minimum Gasteiger partial charge on any atom is -0.379 e. The molecule has 0 aliphatic carbocycles. The largest absolute Gasteiger partial charge is 0.379 e. The highest BCUT2D eigenvalue weighted by molar-refractivity contribution is 5.79. The van der Waals surface area contributed by atoms with E-state index in [1.54, 1.807) is 0 Å². The smallest absolute Gasteiger partial charge is 0.223 e. The summed E-state index contributed by atoms with van der Waals surface area (Å²) in [6.45, 7) is 5.44. The van der Waals surface area contributed by atoms with Gasteiger partial charge in [0.25, 0.3) is 0 Å². The van der Waals surface area contributed by atoms with E-state index in [2.05, 4.69) is 10.6 Å². The lowest BCUT2D eigenvalue weighted by Gasteiger charge is -2.32. The van der Waals surface area contributed by atoms with Crippen LogP contribution in [-0.2, 0) is 9.53 Å². The van der Waals surface area contributed by atoms with Gasteiger partial charge in [0, 0.05) is 12.5 Å². The predicted molar refractivity (Wildman–Crippen MR) is 52.9 cm³/mol. The highest BCUT2D eigenvalue weighted by Gasteiger charge is 2.30. The number of hydrogen-bond donors (Lipinski definition) is 2. The third-order valence-electron chi connectivity index (χ3n) is 3.21. The summed E-state index contributed by atoms with van der Waals surface area (Å²) in [4.78, 5) is 11.7. The Balaban J connectivity index is 1.75. The lowest BCUT2D eigenvalue weighted by Crippen LogP contribution is -2.51. The van der Waals surface area contributed by atoms with E-state index in [1.165, 1.54) is 0 Å². The lowest BCUT2D eigenvalue weighted by molar-refractivity contribution is -0.127. The number of nitrogens with one attached hydrogen (secondary N) is 2. The average Bonchev–Trinajstić information content (AvgIpc) is 2.53. The van der Waals surface area contributed by atoms with E-state index < -0.39 is 0 Å². The highest BCUT2D eigenvalue weighted by Crippen LogP contribution is 2.16. The maximum atomic E-state index is 11.7. The van der Waals surface area contributed by atoms with Crippen molar-refractivity contribution in [3.63, 3.8) is 0 Å². The third-order valence-corrected chi connectivity index (χ3v) is 3.21. The first kappa shape index (κ1) is 9.93. The van der Waals surface area contributed by atoms with Crippen LogP contribution in [-0.4, -0.2) is 38.3 Å². The van der Waals surface area contributed by atoms with Crippen LogP contribution in [0.15, 0.2) is 0 Å². The van der Waals surface area contributed by atoms with Gasteiger partial charge in [0.05, 0.1) is 12.6 Å². The maximum Gasteiger partial charge on any atom is 0.223 e. The van der Waals surface area contributed by atoms with Crippen LogP contribution in [0.4, 0.5) is 0 Å². The van der Waals surface area contributed by atoms with Crippen molar-refractivity contribution in [2.45, 2.75) is 19.4 Å². The van der Waals surface area contributed by atoms with Crippen molar-refractivity contribution < 1.29 is 9.53 Å². The normalized spacial score (nSPS) is 29.6. The second-order valence-electron chi connectivity index (χ2n) is 4.28. The van der Waals surface area contributed by atoms with E-state index in [0.717, 1.165) is 26.1 Å². The van der Waals surface area contributed by atoms with E-state index in [-0.39, 0.29) is 17.9 Å². The average molecular weight is 198 g/mol. The van der Waals surface area contributed by atoms with Crippen LogP contribution in [0.5, 0.6) is 0 Å². The van der Waals surface area contributed by atoms with Crippen LogP contribution < -0.4 is 10.6 Å². The minimum absolute atomic E-state index is 0.136. The summed E-state index contributed by atoms with van der Waals surface area (Å²) in [5.41, 5.74) is 0. The maximum absolute atomic E-state index is 11.7. The molecule has 0 aromatic rings. The van der Waals surface area contributed by atoms with Crippen molar-refractivity contribution in [2.75, 3.05) is 26.3 Å². The molecule has 2 rings (SSSR count). The quantitative estimate of drug-likeness (QED) is 0.657. The summed E-state index contributed by atoms with van der Waals surface area (Å²) in [5, 5.41) is 6.22. The van der Waals surface area contributed by atoms with E-state index in [4.69, 9.17) is 4.74 Å². The zero-order chi connectivity index (χ0) is 9.97. The fourth-order valence-corrected chi connectivity index (χ4v) is 1.86. The molecule has 2 heterocycles. The highest BCUT2D eigenvalue weighted by atomic mass is 16.5. The van der Waals surface area contributed by atoms with E-state index in [9.17, 15) is 4.79 Å². The molecule has 0 saturated carbocycles. The van der Waals surface area contributed by atoms with Gasteiger partial charge in [-0.2, -0.15) is 0 Å². The van der Waals surface area contributed by atoms with Crippen molar-refractivity contribution in [1.82, 2.24) is 10.6 Å². The van der Waals surface area contributed by atoms with Crippen molar-refractivity contribution in [3.05, 3.63) is 0 Å². The van der Waals surface area contributed by atoms with Crippen LogP contribution in [0.1, 0.15) is 13.3 Å². The summed E-state index contributed by atoms with van der Waals surface area (Å²) in [6, 6.07) is 0.248. The van der Waals surface area contributed by atoms with Crippen LogP contribution in [0.3, 0.4) is 0 Å². The zero-order valence-corrected chi connectivity index (χ0v) is 8.58. The monoisotopic (exact) mass is 198 g/mol. The van der Waals surface area contributed by atoms with Gasteiger partial charge in [-0.05, 0) is 25.4 Å². The van der Waals surface area contributed by atoms with Crippen LogP contribution in [0, 0.1) is 11.8 Å². The molecule has 0 radical (unpaired) electrons. The van der Waals surface area contributed by atoms with Crippen molar-refractivity contribution in [3.8, 4) is 0 Å². The first-order valence-corrected chi connectivity index (χ1v) is 5.36. The number of carbonyl (C=O) groups excluding carboxylic acids is 1. The molecule has 2 aliphatic heterocycles. The van der Waals surface area contributed by atoms with Crippen molar-refractivity contribution in [1.29, 1.82) is 0 Å². The number of ether oxygens (including phenoxy) is 1. The van der Waals surface area contributed by atoms with Gasteiger partial charge in [-0.15, -0.1) is 0 Å². The fraction of sp³-hybridized carbons (Fsp3) is 0.900. The van der Waals surface area contributed by atoms with Crippen molar-refractivity contribution in [2.24, 2.45) is 11.8 Å². The molecule has 4 heteroatoms. The van der Waals surface area contributed by atoms with Gasteiger partial charge in [-0.3, -0.25) is 4.79 Å². The lowest BCUT2D eigenvalue weighted by atomic mass is 9.88. The molecule has 0 bridgehead atoms. The van der Waals surface area contributed by atoms with E-state index in [1.807, 2.05) is 6.92 Å².